The van der Waals surface area contributed by atoms with Gasteiger partial charge in [0.25, 0.3) is 0 Å². The van der Waals surface area contributed by atoms with E-state index < -0.39 is 0 Å². The molecule has 3 unspecified atom stereocenters. The number of hydrogen-bond acceptors (Lipinski definition) is 1. The van der Waals surface area contributed by atoms with Crippen LogP contribution in [0.25, 0.3) is 0 Å². The molecule has 0 spiro atoms. The molecule has 0 aromatic carbocycles. The molecule has 2 aliphatic carbocycles. The highest BCUT2D eigenvalue weighted by atomic mass is 35.5. The van der Waals surface area contributed by atoms with Gasteiger partial charge in [0.1, 0.15) is 0 Å². The number of amides is 1. The van der Waals surface area contributed by atoms with Crippen molar-refractivity contribution in [2.75, 3.05) is 0 Å². The van der Waals surface area contributed by atoms with Gasteiger partial charge in [0.15, 0.2) is 0 Å². The molecule has 2 rings (SSSR count). The van der Waals surface area contributed by atoms with Crippen molar-refractivity contribution < 1.29 is 4.79 Å². The number of rotatable bonds is 2. The van der Waals surface area contributed by atoms with Gasteiger partial charge < -0.3 is 5.73 Å². The number of nitrogens with two attached hydrogens (primary N) is 1. The maximum Gasteiger partial charge on any atom is 0.217 e. The van der Waals surface area contributed by atoms with Crippen LogP contribution in [0.2, 0.25) is 0 Å². The van der Waals surface area contributed by atoms with Crippen LogP contribution in [0.3, 0.4) is 0 Å². The molecule has 88 valence electrons. The van der Waals surface area contributed by atoms with Gasteiger partial charge in [0, 0.05) is 6.42 Å². The van der Waals surface area contributed by atoms with Crippen molar-refractivity contribution >= 4 is 18.3 Å². The van der Waals surface area contributed by atoms with Gasteiger partial charge >= 0.3 is 0 Å². The number of carbonyl (C=O) groups is 1. The summed E-state index contributed by atoms with van der Waals surface area (Å²) in [6, 6.07) is 0. The molecule has 3 heteroatoms. The lowest BCUT2D eigenvalue weighted by molar-refractivity contribution is -0.120. The largest absolute Gasteiger partial charge is 0.370 e. The molecule has 0 aromatic rings. The second-order valence-corrected chi connectivity index (χ2v) is 5.98. The molecule has 0 aliphatic heterocycles. The van der Waals surface area contributed by atoms with Crippen molar-refractivity contribution in [1.82, 2.24) is 0 Å². The molecule has 15 heavy (non-hydrogen) atoms. The number of carbonyl (C=O) groups excluding carboxylic acids is 1. The standard InChI is InChI=1S/C12H21NO.ClH/c1-11(2)8-4-5-12(11,3)9(6-8)7-10(13)14;/h8-9H,4-7H2,1-3H3,(H2,13,14);1H. The molecular weight excluding hydrogens is 210 g/mol. The van der Waals surface area contributed by atoms with Gasteiger partial charge in [-0.25, -0.2) is 0 Å². The zero-order chi connectivity index (χ0) is 10.6. The van der Waals surface area contributed by atoms with Gasteiger partial charge in [0.2, 0.25) is 5.91 Å². The van der Waals surface area contributed by atoms with Crippen LogP contribution in [0, 0.1) is 22.7 Å². The molecule has 0 radical (unpaired) electrons. The Morgan fingerprint density at radius 3 is 2.33 bits per heavy atom. The third-order valence-corrected chi connectivity index (χ3v) is 5.42. The van der Waals surface area contributed by atoms with Gasteiger partial charge in [-0.15, -0.1) is 12.4 Å². The zero-order valence-corrected chi connectivity index (χ0v) is 10.7. The highest BCUT2D eigenvalue weighted by molar-refractivity contribution is 5.85. The minimum Gasteiger partial charge on any atom is -0.370 e. The summed E-state index contributed by atoms with van der Waals surface area (Å²) >= 11 is 0. The molecule has 0 heterocycles. The fourth-order valence-corrected chi connectivity index (χ4v) is 3.92. The summed E-state index contributed by atoms with van der Waals surface area (Å²) in [6.07, 6.45) is 4.43. The number of halogens is 1. The van der Waals surface area contributed by atoms with Crippen molar-refractivity contribution in [3.8, 4) is 0 Å². The molecule has 2 fully saturated rings. The summed E-state index contributed by atoms with van der Waals surface area (Å²) in [5, 5.41) is 0. The van der Waals surface area contributed by atoms with E-state index in [1.807, 2.05) is 0 Å². The van der Waals surface area contributed by atoms with Crippen LogP contribution in [0.1, 0.15) is 46.5 Å². The second kappa shape index (κ2) is 3.65. The van der Waals surface area contributed by atoms with Crippen LogP contribution in [-0.4, -0.2) is 5.91 Å². The molecule has 2 saturated carbocycles. The van der Waals surface area contributed by atoms with Gasteiger partial charge in [-0.05, 0) is 41.9 Å². The van der Waals surface area contributed by atoms with E-state index in [1.165, 1.54) is 19.3 Å². The van der Waals surface area contributed by atoms with E-state index in [9.17, 15) is 4.79 Å². The summed E-state index contributed by atoms with van der Waals surface area (Å²) in [4.78, 5) is 11.0. The Balaban J connectivity index is 0.00000112. The van der Waals surface area contributed by atoms with E-state index in [0.717, 1.165) is 5.92 Å². The van der Waals surface area contributed by atoms with E-state index >= 15 is 0 Å². The first kappa shape index (κ1) is 12.8. The average Bonchev–Trinajstić information content (AvgIpc) is 2.35. The molecule has 0 aromatic heterocycles. The fraction of sp³-hybridized carbons (Fsp3) is 0.917. The van der Waals surface area contributed by atoms with Crippen LogP contribution >= 0.6 is 12.4 Å². The first-order valence-corrected chi connectivity index (χ1v) is 5.66. The lowest BCUT2D eigenvalue weighted by atomic mass is 9.66. The Morgan fingerprint density at radius 2 is 2.00 bits per heavy atom. The third kappa shape index (κ3) is 1.57. The number of fused-ring (bicyclic) bond motifs is 2. The minimum atomic E-state index is -0.125. The maximum atomic E-state index is 11.0. The zero-order valence-electron chi connectivity index (χ0n) is 9.88. The van der Waals surface area contributed by atoms with Crippen LogP contribution in [0.5, 0.6) is 0 Å². The van der Waals surface area contributed by atoms with Crippen molar-refractivity contribution in [3.05, 3.63) is 0 Å². The summed E-state index contributed by atoms with van der Waals surface area (Å²) in [7, 11) is 0. The summed E-state index contributed by atoms with van der Waals surface area (Å²) in [5.74, 6) is 1.23. The SMILES string of the molecule is CC1(C)C2CCC1(C)C(CC(N)=O)C2.Cl. The lowest BCUT2D eigenvalue weighted by Crippen LogP contribution is -2.34. The molecule has 2 N–H and O–H groups in total. The Bertz CT molecular complexity index is 277. The fourth-order valence-electron chi connectivity index (χ4n) is 3.92. The first-order valence-electron chi connectivity index (χ1n) is 5.66. The van der Waals surface area contributed by atoms with Crippen LogP contribution in [0.4, 0.5) is 0 Å². The average molecular weight is 232 g/mol. The predicted molar refractivity (Wildman–Crippen MR) is 63.8 cm³/mol. The quantitative estimate of drug-likeness (QED) is 0.780. The van der Waals surface area contributed by atoms with Crippen molar-refractivity contribution in [1.29, 1.82) is 0 Å². The summed E-state index contributed by atoms with van der Waals surface area (Å²) in [5.41, 5.74) is 6.08. The normalized spacial score (nSPS) is 41.3. The second-order valence-electron chi connectivity index (χ2n) is 5.98. The number of hydrogen-bond donors (Lipinski definition) is 1. The Kier molecular flexibility index (Phi) is 3.13. The first-order chi connectivity index (χ1) is 6.38. The van der Waals surface area contributed by atoms with Gasteiger partial charge in [0.05, 0.1) is 0 Å². The molecule has 2 aliphatic rings. The Morgan fingerprint density at radius 1 is 1.40 bits per heavy atom. The highest BCUT2D eigenvalue weighted by Gasteiger charge is 2.60. The molecule has 3 atom stereocenters. The molecular formula is C12H22ClNO. The summed E-state index contributed by atoms with van der Waals surface area (Å²) in [6.45, 7) is 7.09. The monoisotopic (exact) mass is 231 g/mol. The van der Waals surface area contributed by atoms with E-state index in [1.54, 1.807) is 0 Å². The van der Waals surface area contributed by atoms with Gasteiger partial charge in [-0.3, -0.25) is 4.79 Å². The predicted octanol–water partition coefficient (Wildman–Crippen LogP) is 2.75. The van der Waals surface area contributed by atoms with Crippen molar-refractivity contribution in [2.24, 2.45) is 28.4 Å². The van der Waals surface area contributed by atoms with E-state index in [2.05, 4.69) is 20.8 Å². The third-order valence-electron chi connectivity index (χ3n) is 5.42. The molecule has 0 saturated heterocycles. The van der Waals surface area contributed by atoms with E-state index in [-0.39, 0.29) is 18.3 Å². The summed E-state index contributed by atoms with van der Waals surface area (Å²) < 4.78 is 0. The molecule has 1 amide bonds. The maximum absolute atomic E-state index is 11.0. The van der Waals surface area contributed by atoms with E-state index in [0.29, 0.717) is 23.2 Å². The van der Waals surface area contributed by atoms with E-state index in [4.69, 9.17) is 5.73 Å². The topological polar surface area (TPSA) is 43.1 Å². The lowest BCUT2D eigenvalue weighted by Gasteiger charge is -2.39. The van der Waals surface area contributed by atoms with Crippen molar-refractivity contribution in [2.45, 2.75) is 46.5 Å². The molecule has 2 nitrogen and oxygen atoms in total. The van der Waals surface area contributed by atoms with Crippen molar-refractivity contribution in [3.63, 3.8) is 0 Å². The van der Waals surface area contributed by atoms with Gasteiger partial charge in [-0.2, -0.15) is 0 Å². The molecule has 2 bridgehead atoms. The minimum absolute atomic E-state index is 0. The van der Waals surface area contributed by atoms with Crippen LogP contribution < -0.4 is 5.73 Å². The number of primary amides is 1. The van der Waals surface area contributed by atoms with Crippen LogP contribution in [-0.2, 0) is 4.79 Å². The Hall–Kier alpha value is -0.240. The smallest absolute Gasteiger partial charge is 0.217 e. The Labute approximate surface area is 98.4 Å². The highest BCUT2D eigenvalue weighted by Crippen LogP contribution is 2.68. The van der Waals surface area contributed by atoms with Crippen LogP contribution in [0.15, 0.2) is 0 Å². The van der Waals surface area contributed by atoms with Gasteiger partial charge in [-0.1, -0.05) is 20.8 Å².